The number of hydrogen-bond donors (Lipinski definition) is 2. The molecule has 1 saturated heterocycles. The minimum atomic E-state index is -0.165. The fourth-order valence-electron chi connectivity index (χ4n) is 4.34. The second-order valence-electron chi connectivity index (χ2n) is 8.14. The maximum absolute atomic E-state index is 13.3. The van der Waals surface area contributed by atoms with Crippen molar-refractivity contribution in [1.82, 2.24) is 14.8 Å². The van der Waals surface area contributed by atoms with E-state index in [0.29, 0.717) is 31.7 Å². The van der Waals surface area contributed by atoms with Crippen molar-refractivity contribution in [2.75, 3.05) is 26.2 Å². The van der Waals surface area contributed by atoms with Crippen LogP contribution in [0.25, 0.3) is 5.69 Å². The molecule has 0 spiro atoms. The first-order chi connectivity index (χ1) is 13.8. The van der Waals surface area contributed by atoms with Crippen molar-refractivity contribution in [3.8, 4) is 5.69 Å². The van der Waals surface area contributed by atoms with Crippen molar-refractivity contribution < 1.29 is 9.59 Å². The van der Waals surface area contributed by atoms with E-state index in [0.717, 1.165) is 29.9 Å². The lowest BCUT2D eigenvalue weighted by Gasteiger charge is -2.32. The summed E-state index contributed by atoms with van der Waals surface area (Å²) >= 11 is 0. The van der Waals surface area contributed by atoms with Crippen LogP contribution in [0.1, 0.15) is 45.7 Å². The van der Waals surface area contributed by atoms with Crippen LogP contribution in [0.4, 0.5) is 0 Å². The van der Waals surface area contributed by atoms with Crippen molar-refractivity contribution in [1.29, 1.82) is 0 Å². The number of nitrogens with two attached hydrogens (primary N) is 1. The molecule has 0 aliphatic carbocycles. The summed E-state index contributed by atoms with van der Waals surface area (Å²) in [7, 11) is 0. The Morgan fingerprint density at radius 2 is 1.79 bits per heavy atom. The van der Waals surface area contributed by atoms with Crippen LogP contribution in [0, 0.1) is 33.6 Å². The highest BCUT2D eigenvalue weighted by molar-refractivity contribution is 5.96. The number of hydrogen-bond acceptors (Lipinski definition) is 3. The Labute approximate surface area is 173 Å². The summed E-state index contributed by atoms with van der Waals surface area (Å²) in [6.45, 7) is 10.2. The number of likely N-dealkylation sites (tertiary alicyclic amines) is 1. The second-order valence-corrected chi connectivity index (χ2v) is 8.14. The molecule has 3 rings (SSSR count). The molecule has 1 aromatic carbocycles. The molecule has 0 saturated carbocycles. The average molecular weight is 397 g/mol. The lowest BCUT2D eigenvalue weighted by Crippen LogP contribution is -2.46. The highest BCUT2D eigenvalue weighted by Crippen LogP contribution is 2.25. The van der Waals surface area contributed by atoms with Gasteiger partial charge in [0.25, 0.3) is 5.91 Å². The molecule has 1 atom stereocenters. The average Bonchev–Trinajstić information content (AvgIpc) is 2.98. The number of carbonyl (C=O) groups excluding carboxylic acids is 2. The van der Waals surface area contributed by atoms with Crippen LogP contribution in [0.3, 0.4) is 0 Å². The van der Waals surface area contributed by atoms with Crippen LogP contribution in [-0.2, 0) is 4.79 Å². The maximum atomic E-state index is 13.3. The fraction of sp³-hybridized carbons (Fsp3) is 0.478. The normalized spacial score (nSPS) is 16.7. The van der Waals surface area contributed by atoms with Gasteiger partial charge in [-0.3, -0.25) is 9.59 Å². The van der Waals surface area contributed by atoms with Gasteiger partial charge in [0.15, 0.2) is 0 Å². The number of carbonyl (C=O) groups is 2. The third-order valence-corrected chi connectivity index (χ3v) is 5.65. The monoisotopic (exact) mass is 396 g/mol. The maximum Gasteiger partial charge on any atom is 0.255 e. The Hall–Kier alpha value is -2.60. The van der Waals surface area contributed by atoms with E-state index in [2.05, 4.69) is 41.9 Å². The zero-order valence-corrected chi connectivity index (χ0v) is 17.9. The van der Waals surface area contributed by atoms with Crippen LogP contribution in [0.5, 0.6) is 0 Å². The minimum Gasteiger partial charge on any atom is -0.355 e. The Morgan fingerprint density at radius 1 is 1.10 bits per heavy atom. The molecule has 1 aliphatic rings. The van der Waals surface area contributed by atoms with Gasteiger partial charge in [-0.25, -0.2) is 0 Å². The van der Waals surface area contributed by atoms with Gasteiger partial charge in [-0.15, -0.1) is 0 Å². The summed E-state index contributed by atoms with van der Waals surface area (Å²) < 4.78 is 2.14. The molecule has 156 valence electrons. The third kappa shape index (κ3) is 4.53. The molecule has 1 unspecified atom stereocenters. The molecule has 29 heavy (non-hydrogen) atoms. The number of benzene rings is 1. The van der Waals surface area contributed by atoms with E-state index in [9.17, 15) is 9.59 Å². The van der Waals surface area contributed by atoms with E-state index in [1.165, 1.54) is 11.1 Å². The molecule has 0 bridgehead atoms. The first-order valence-corrected chi connectivity index (χ1v) is 10.4. The summed E-state index contributed by atoms with van der Waals surface area (Å²) in [5.41, 5.74) is 11.6. The van der Waals surface area contributed by atoms with Gasteiger partial charge in [0.1, 0.15) is 0 Å². The molecule has 6 heteroatoms. The minimum absolute atomic E-state index is 0.00468. The molecule has 6 nitrogen and oxygen atoms in total. The van der Waals surface area contributed by atoms with Gasteiger partial charge >= 0.3 is 0 Å². The molecule has 1 aromatic heterocycles. The van der Waals surface area contributed by atoms with E-state index < -0.39 is 0 Å². The van der Waals surface area contributed by atoms with Gasteiger partial charge in [0.05, 0.1) is 11.5 Å². The molecule has 2 amide bonds. The molecule has 0 radical (unpaired) electrons. The largest absolute Gasteiger partial charge is 0.355 e. The number of nitrogens with zero attached hydrogens (tertiary/aromatic N) is 2. The Morgan fingerprint density at radius 3 is 2.45 bits per heavy atom. The smallest absolute Gasteiger partial charge is 0.255 e. The van der Waals surface area contributed by atoms with E-state index in [1.54, 1.807) is 0 Å². The van der Waals surface area contributed by atoms with Gasteiger partial charge < -0.3 is 20.5 Å². The lowest BCUT2D eigenvalue weighted by molar-refractivity contribution is -0.126. The quantitative estimate of drug-likeness (QED) is 0.815. The summed E-state index contributed by atoms with van der Waals surface area (Å²) in [6.07, 6.45) is 1.64. The van der Waals surface area contributed by atoms with E-state index in [4.69, 9.17) is 5.73 Å². The number of piperidine rings is 1. The zero-order valence-electron chi connectivity index (χ0n) is 17.9. The van der Waals surface area contributed by atoms with Crippen LogP contribution in [0.15, 0.2) is 24.3 Å². The molecule has 3 N–H and O–H groups in total. The standard InChI is InChI=1S/C23H32N4O2/c1-15-10-16(2)12-20(11-15)27-17(3)13-21(18(27)4)23(29)26-9-5-6-19(14-26)22(28)25-8-7-24/h10-13,19H,5-9,14,24H2,1-4H3,(H,25,28). The van der Waals surface area contributed by atoms with Crippen molar-refractivity contribution in [2.45, 2.75) is 40.5 Å². The van der Waals surface area contributed by atoms with E-state index >= 15 is 0 Å². The number of nitrogens with one attached hydrogen (secondary N) is 1. The van der Waals surface area contributed by atoms with Crippen molar-refractivity contribution in [3.05, 3.63) is 52.3 Å². The molecule has 1 aliphatic heterocycles. The molecule has 2 heterocycles. The van der Waals surface area contributed by atoms with Crippen LogP contribution >= 0.6 is 0 Å². The predicted octanol–water partition coefficient (Wildman–Crippen LogP) is 2.64. The van der Waals surface area contributed by atoms with Gasteiger partial charge in [0.2, 0.25) is 5.91 Å². The topological polar surface area (TPSA) is 80.4 Å². The zero-order chi connectivity index (χ0) is 21.1. The molecule has 2 aromatic rings. The lowest BCUT2D eigenvalue weighted by atomic mass is 9.96. The summed E-state index contributed by atoms with van der Waals surface area (Å²) in [4.78, 5) is 27.4. The highest BCUT2D eigenvalue weighted by Gasteiger charge is 2.30. The first kappa shape index (κ1) is 21.1. The third-order valence-electron chi connectivity index (χ3n) is 5.65. The van der Waals surface area contributed by atoms with Crippen LogP contribution in [-0.4, -0.2) is 47.5 Å². The first-order valence-electron chi connectivity index (χ1n) is 10.4. The van der Waals surface area contributed by atoms with E-state index in [-0.39, 0.29) is 17.7 Å². The van der Waals surface area contributed by atoms with Crippen molar-refractivity contribution in [3.63, 3.8) is 0 Å². The second kappa shape index (κ2) is 8.82. The van der Waals surface area contributed by atoms with Crippen LogP contribution < -0.4 is 11.1 Å². The van der Waals surface area contributed by atoms with Crippen molar-refractivity contribution in [2.24, 2.45) is 11.7 Å². The van der Waals surface area contributed by atoms with E-state index in [1.807, 2.05) is 24.8 Å². The van der Waals surface area contributed by atoms with Crippen molar-refractivity contribution >= 4 is 11.8 Å². The van der Waals surface area contributed by atoms with Gasteiger partial charge in [-0.2, -0.15) is 0 Å². The molecular weight excluding hydrogens is 364 g/mol. The number of aryl methyl sites for hydroxylation is 3. The highest BCUT2D eigenvalue weighted by atomic mass is 16.2. The summed E-state index contributed by atoms with van der Waals surface area (Å²) in [5.74, 6) is -0.166. The summed E-state index contributed by atoms with van der Waals surface area (Å²) in [5, 5.41) is 2.85. The van der Waals surface area contributed by atoms with Gasteiger partial charge in [-0.05, 0) is 69.9 Å². The Balaban J connectivity index is 1.84. The van der Waals surface area contributed by atoms with Gasteiger partial charge in [-0.1, -0.05) is 6.07 Å². The Bertz CT molecular complexity index is 896. The number of rotatable bonds is 5. The number of amides is 2. The van der Waals surface area contributed by atoms with Crippen LogP contribution in [0.2, 0.25) is 0 Å². The molecular formula is C23H32N4O2. The fourth-order valence-corrected chi connectivity index (χ4v) is 4.34. The van der Waals surface area contributed by atoms with Gasteiger partial charge in [0, 0.05) is 43.3 Å². The Kier molecular flexibility index (Phi) is 6.42. The summed E-state index contributed by atoms with van der Waals surface area (Å²) in [6, 6.07) is 8.39. The SMILES string of the molecule is Cc1cc(C)cc(-n2c(C)cc(C(=O)N3CCCC(C(=O)NCCN)C3)c2C)c1. The molecule has 1 fully saturated rings. The number of aromatic nitrogens is 1. The predicted molar refractivity (Wildman–Crippen MR) is 115 cm³/mol.